The summed E-state index contributed by atoms with van der Waals surface area (Å²) in [7, 11) is 0. The molecule has 2 aromatic rings. The minimum absolute atomic E-state index is 0.389. The van der Waals surface area contributed by atoms with E-state index in [1.807, 2.05) is 0 Å². The van der Waals surface area contributed by atoms with E-state index >= 15 is 0 Å². The van der Waals surface area contributed by atoms with Gasteiger partial charge in [0, 0.05) is 12.1 Å². The van der Waals surface area contributed by atoms with Crippen molar-refractivity contribution in [2.45, 2.75) is 6.54 Å². The third-order valence-electron chi connectivity index (χ3n) is 2.00. The van der Waals surface area contributed by atoms with Crippen molar-refractivity contribution in [1.82, 2.24) is 9.61 Å². The van der Waals surface area contributed by atoms with Gasteiger partial charge < -0.3 is 17.2 Å². The summed E-state index contributed by atoms with van der Waals surface area (Å²) < 4.78 is 1.64. The zero-order valence-electron chi connectivity index (χ0n) is 7.07. The summed E-state index contributed by atoms with van der Waals surface area (Å²) in [6.45, 7) is 0.389. The molecular formula is C8H11N5. The van der Waals surface area contributed by atoms with E-state index in [2.05, 4.69) is 5.10 Å². The molecule has 0 bridgehead atoms. The number of hydrogen-bond donors (Lipinski definition) is 3. The summed E-state index contributed by atoms with van der Waals surface area (Å²) in [6, 6.07) is 1.78. The Morgan fingerprint density at radius 2 is 2.15 bits per heavy atom. The largest absolute Gasteiger partial charge is 0.397 e. The summed E-state index contributed by atoms with van der Waals surface area (Å²) in [4.78, 5) is 0. The van der Waals surface area contributed by atoms with Gasteiger partial charge in [0.05, 0.1) is 29.3 Å². The fourth-order valence-electron chi connectivity index (χ4n) is 1.30. The number of nitrogens with zero attached hydrogens (tertiary/aromatic N) is 2. The predicted molar refractivity (Wildman–Crippen MR) is 51.9 cm³/mol. The van der Waals surface area contributed by atoms with E-state index < -0.39 is 0 Å². The first kappa shape index (κ1) is 7.88. The van der Waals surface area contributed by atoms with E-state index in [9.17, 15) is 0 Å². The molecule has 13 heavy (non-hydrogen) atoms. The molecule has 0 unspecified atom stereocenters. The van der Waals surface area contributed by atoms with Gasteiger partial charge in [0.25, 0.3) is 0 Å². The van der Waals surface area contributed by atoms with Crippen molar-refractivity contribution in [3.8, 4) is 0 Å². The van der Waals surface area contributed by atoms with Crippen LogP contribution in [-0.4, -0.2) is 9.61 Å². The molecule has 0 amide bonds. The Bertz CT molecular complexity index is 445. The average molecular weight is 177 g/mol. The fraction of sp³-hybridized carbons (Fsp3) is 0.125. The Hall–Kier alpha value is -1.75. The number of nitrogen functional groups attached to an aromatic ring is 2. The minimum Gasteiger partial charge on any atom is -0.397 e. The summed E-state index contributed by atoms with van der Waals surface area (Å²) in [5.74, 6) is 0. The molecule has 0 aliphatic rings. The number of rotatable bonds is 1. The number of hydrogen-bond acceptors (Lipinski definition) is 4. The summed E-state index contributed by atoms with van der Waals surface area (Å²) in [5, 5.41) is 4.11. The third kappa shape index (κ3) is 1.09. The van der Waals surface area contributed by atoms with Crippen molar-refractivity contribution >= 4 is 16.9 Å². The van der Waals surface area contributed by atoms with E-state index in [-0.39, 0.29) is 0 Å². The Morgan fingerprint density at radius 1 is 1.38 bits per heavy atom. The lowest BCUT2D eigenvalue weighted by Gasteiger charge is -2.03. The van der Waals surface area contributed by atoms with Crippen molar-refractivity contribution in [3.63, 3.8) is 0 Å². The molecule has 0 fully saturated rings. The smallest absolute Gasteiger partial charge is 0.0900 e. The Kier molecular flexibility index (Phi) is 1.60. The topological polar surface area (TPSA) is 95.4 Å². The van der Waals surface area contributed by atoms with Crippen LogP contribution in [0, 0.1) is 0 Å². The van der Waals surface area contributed by atoms with Crippen LogP contribution in [0.15, 0.2) is 18.5 Å². The number of nitrogens with two attached hydrogens (primary N) is 3. The molecule has 2 rings (SSSR count). The SMILES string of the molecule is NCc1cnn2cc(N)cc2c1N. The highest BCUT2D eigenvalue weighted by Crippen LogP contribution is 2.20. The molecule has 0 saturated carbocycles. The lowest BCUT2D eigenvalue weighted by atomic mass is 10.2. The zero-order valence-corrected chi connectivity index (χ0v) is 7.07. The zero-order chi connectivity index (χ0) is 9.42. The van der Waals surface area contributed by atoms with Crippen LogP contribution in [0.25, 0.3) is 5.52 Å². The maximum absolute atomic E-state index is 5.85. The van der Waals surface area contributed by atoms with E-state index in [1.165, 1.54) is 0 Å². The van der Waals surface area contributed by atoms with E-state index in [0.717, 1.165) is 11.1 Å². The van der Waals surface area contributed by atoms with Crippen molar-refractivity contribution in [2.75, 3.05) is 11.5 Å². The second-order valence-electron chi connectivity index (χ2n) is 2.89. The van der Waals surface area contributed by atoms with Crippen molar-refractivity contribution < 1.29 is 0 Å². The highest BCUT2D eigenvalue weighted by atomic mass is 15.2. The van der Waals surface area contributed by atoms with Gasteiger partial charge in [-0.2, -0.15) is 5.10 Å². The van der Waals surface area contributed by atoms with Crippen LogP contribution >= 0.6 is 0 Å². The van der Waals surface area contributed by atoms with Crippen LogP contribution in [-0.2, 0) is 6.54 Å². The van der Waals surface area contributed by atoms with E-state index in [4.69, 9.17) is 17.2 Å². The van der Waals surface area contributed by atoms with Gasteiger partial charge in [0.1, 0.15) is 0 Å². The first-order valence-electron chi connectivity index (χ1n) is 3.93. The lowest BCUT2D eigenvalue weighted by Crippen LogP contribution is -2.05. The standard InChI is InChI=1S/C8H11N5/c9-2-5-3-12-13-4-6(10)1-7(13)8(5)11/h1,3-4H,2,9-11H2. The van der Waals surface area contributed by atoms with Crippen molar-refractivity contribution in [1.29, 1.82) is 0 Å². The molecule has 0 aliphatic carbocycles. The van der Waals surface area contributed by atoms with Crippen LogP contribution in [0.1, 0.15) is 5.56 Å². The minimum atomic E-state index is 0.389. The summed E-state index contributed by atoms with van der Waals surface area (Å²) >= 11 is 0. The Morgan fingerprint density at radius 3 is 2.85 bits per heavy atom. The highest BCUT2D eigenvalue weighted by Gasteiger charge is 2.05. The number of fused-ring (bicyclic) bond motifs is 1. The van der Waals surface area contributed by atoms with Crippen LogP contribution in [0.4, 0.5) is 11.4 Å². The second-order valence-corrected chi connectivity index (χ2v) is 2.89. The Labute approximate surface area is 75.1 Å². The van der Waals surface area contributed by atoms with Crippen molar-refractivity contribution in [3.05, 3.63) is 24.0 Å². The molecule has 5 nitrogen and oxygen atoms in total. The molecule has 0 aromatic carbocycles. The highest BCUT2D eigenvalue weighted by molar-refractivity contribution is 5.75. The molecule has 0 radical (unpaired) electrons. The van der Waals surface area contributed by atoms with Crippen LogP contribution in [0.3, 0.4) is 0 Å². The van der Waals surface area contributed by atoms with Gasteiger partial charge in [-0.3, -0.25) is 0 Å². The molecule has 2 heterocycles. The summed E-state index contributed by atoms with van der Waals surface area (Å²) in [6.07, 6.45) is 3.37. The quantitative estimate of drug-likeness (QED) is 0.569. The predicted octanol–water partition coefficient (Wildman–Crippen LogP) is -0.0426. The van der Waals surface area contributed by atoms with Crippen LogP contribution in [0.5, 0.6) is 0 Å². The lowest BCUT2D eigenvalue weighted by molar-refractivity contribution is 0.915. The molecule has 68 valence electrons. The van der Waals surface area contributed by atoms with E-state index in [0.29, 0.717) is 17.9 Å². The van der Waals surface area contributed by atoms with Gasteiger partial charge >= 0.3 is 0 Å². The van der Waals surface area contributed by atoms with Gasteiger partial charge in [-0.1, -0.05) is 0 Å². The molecule has 0 spiro atoms. The molecule has 5 heteroatoms. The fourth-order valence-corrected chi connectivity index (χ4v) is 1.30. The molecular weight excluding hydrogens is 166 g/mol. The molecule has 0 saturated heterocycles. The monoisotopic (exact) mass is 177 g/mol. The van der Waals surface area contributed by atoms with Gasteiger partial charge in [-0.15, -0.1) is 0 Å². The molecule has 2 aromatic heterocycles. The second kappa shape index (κ2) is 2.63. The van der Waals surface area contributed by atoms with Gasteiger partial charge in [-0.05, 0) is 6.07 Å². The van der Waals surface area contributed by atoms with E-state index in [1.54, 1.807) is 23.0 Å². The normalized spacial score (nSPS) is 10.8. The van der Waals surface area contributed by atoms with Crippen molar-refractivity contribution in [2.24, 2.45) is 5.73 Å². The maximum atomic E-state index is 5.85. The van der Waals surface area contributed by atoms with Gasteiger partial charge in [0.15, 0.2) is 0 Å². The molecule has 6 N–H and O–H groups in total. The third-order valence-corrected chi connectivity index (χ3v) is 2.00. The van der Waals surface area contributed by atoms with Gasteiger partial charge in [0.2, 0.25) is 0 Å². The first-order valence-corrected chi connectivity index (χ1v) is 3.93. The Balaban J connectivity index is 2.78. The molecule has 0 aliphatic heterocycles. The maximum Gasteiger partial charge on any atom is 0.0900 e. The average Bonchev–Trinajstić information content (AvgIpc) is 2.47. The number of aromatic nitrogens is 2. The summed E-state index contributed by atoms with van der Waals surface area (Å²) in [5.41, 5.74) is 19.9. The number of anilines is 2. The first-order chi connectivity index (χ1) is 6.22. The van der Waals surface area contributed by atoms with Crippen LogP contribution < -0.4 is 17.2 Å². The molecule has 0 atom stereocenters. The van der Waals surface area contributed by atoms with Gasteiger partial charge in [-0.25, -0.2) is 4.52 Å². The van der Waals surface area contributed by atoms with Crippen LogP contribution in [0.2, 0.25) is 0 Å².